The molecule has 2 amide bonds. The van der Waals surface area contributed by atoms with Crippen molar-refractivity contribution in [3.05, 3.63) is 34.4 Å². The molecule has 2 aromatic rings. The average Bonchev–Trinajstić information content (AvgIpc) is 2.86. The molecule has 8 heteroatoms. The SMILES string of the molecule is Cc1nc2cccc(NCCCCCCNC34CC5CC(CC(C5)C3)C4)c2c(=O)n1C1CCC(=O)NC1=O. The number of anilines is 1. The summed E-state index contributed by atoms with van der Waals surface area (Å²) in [6.45, 7) is 3.66. The van der Waals surface area contributed by atoms with E-state index < -0.39 is 11.9 Å². The van der Waals surface area contributed by atoms with Crippen molar-refractivity contribution in [2.45, 2.75) is 95.6 Å². The second-order valence-electron chi connectivity index (χ2n) is 12.5. The third-order valence-electron chi connectivity index (χ3n) is 9.59. The number of benzene rings is 1. The Hall–Kier alpha value is -2.74. The van der Waals surface area contributed by atoms with E-state index in [1.54, 1.807) is 6.92 Å². The van der Waals surface area contributed by atoms with Gasteiger partial charge in [0.1, 0.15) is 11.9 Å². The van der Waals surface area contributed by atoms with E-state index in [0.29, 0.717) is 28.7 Å². The average molecular weight is 520 g/mol. The number of piperidine rings is 1. The van der Waals surface area contributed by atoms with Crippen molar-refractivity contribution >= 4 is 28.4 Å². The van der Waals surface area contributed by atoms with Gasteiger partial charge in [-0.3, -0.25) is 24.3 Å². The molecule has 8 nitrogen and oxygen atoms in total. The normalized spacial score (nSPS) is 30.1. The largest absolute Gasteiger partial charge is 0.384 e. The number of imide groups is 1. The van der Waals surface area contributed by atoms with Gasteiger partial charge in [-0.25, -0.2) is 4.98 Å². The molecule has 1 aromatic heterocycles. The molecule has 1 saturated heterocycles. The number of nitrogens with one attached hydrogen (secondary N) is 3. The maximum atomic E-state index is 13.5. The van der Waals surface area contributed by atoms with Crippen LogP contribution in [0.2, 0.25) is 0 Å². The van der Waals surface area contributed by atoms with Crippen molar-refractivity contribution < 1.29 is 9.59 Å². The summed E-state index contributed by atoms with van der Waals surface area (Å²) >= 11 is 0. The lowest BCUT2D eigenvalue weighted by molar-refractivity contribution is -0.135. The van der Waals surface area contributed by atoms with Crippen molar-refractivity contribution in [1.29, 1.82) is 0 Å². The molecule has 1 aliphatic heterocycles. The molecular formula is C30H41N5O3. The van der Waals surface area contributed by atoms with E-state index in [1.165, 1.54) is 55.9 Å². The molecule has 4 aliphatic carbocycles. The molecule has 1 aromatic carbocycles. The number of amides is 2. The number of hydrogen-bond acceptors (Lipinski definition) is 6. The van der Waals surface area contributed by atoms with Crippen LogP contribution in [0.25, 0.3) is 10.9 Å². The molecule has 0 spiro atoms. The van der Waals surface area contributed by atoms with Crippen molar-refractivity contribution in [2.24, 2.45) is 17.8 Å². The highest BCUT2D eigenvalue weighted by atomic mass is 16.2. The first-order valence-electron chi connectivity index (χ1n) is 14.8. The molecule has 2 heterocycles. The summed E-state index contributed by atoms with van der Waals surface area (Å²) in [6, 6.07) is 4.94. The minimum atomic E-state index is -0.711. The number of fused-ring (bicyclic) bond motifs is 1. The summed E-state index contributed by atoms with van der Waals surface area (Å²) in [5.41, 5.74) is 1.60. The van der Waals surface area contributed by atoms with Crippen LogP contribution >= 0.6 is 0 Å². The molecule has 1 unspecified atom stereocenters. The Morgan fingerprint density at radius 1 is 0.974 bits per heavy atom. The van der Waals surface area contributed by atoms with Gasteiger partial charge in [0.25, 0.3) is 5.56 Å². The van der Waals surface area contributed by atoms with Crippen LogP contribution in [0.5, 0.6) is 0 Å². The van der Waals surface area contributed by atoms with Crippen molar-refractivity contribution in [3.63, 3.8) is 0 Å². The van der Waals surface area contributed by atoms with Crippen LogP contribution in [-0.2, 0) is 9.59 Å². The molecular weight excluding hydrogens is 478 g/mol. The first kappa shape index (κ1) is 25.5. The molecule has 7 rings (SSSR count). The zero-order chi connectivity index (χ0) is 26.3. The van der Waals surface area contributed by atoms with Gasteiger partial charge in [0.05, 0.1) is 10.9 Å². The van der Waals surface area contributed by atoms with Crippen LogP contribution in [0, 0.1) is 24.7 Å². The number of nitrogens with zero attached hydrogens (tertiary/aromatic N) is 2. The fourth-order valence-electron chi connectivity index (χ4n) is 8.30. The van der Waals surface area contributed by atoms with E-state index in [0.717, 1.165) is 49.4 Å². The second kappa shape index (κ2) is 10.4. The number of hydrogen-bond donors (Lipinski definition) is 3. The zero-order valence-corrected chi connectivity index (χ0v) is 22.6. The second-order valence-corrected chi connectivity index (χ2v) is 12.5. The van der Waals surface area contributed by atoms with Crippen LogP contribution in [0.4, 0.5) is 5.69 Å². The number of carbonyl (C=O) groups excluding carboxylic acids is 2. The Kier molecular flexibility index (Phi) is 7.01. The van der Waals surface area contributed by atoms with Crippen LogP contribution in [0.15, 0.2) is 23.0 Å². The van der Waals surface area contributed by atoms with Gasteiger partial charge in [-0.1, -0.05) is 18.9 Å². The number of aryl methyl sites for hydroxylation is 1. The van der Waals surface area contributed by atoms with Crippen LogP contribution in [0.1, 0.15) is 88.9 Å². The highest BCUT2D eigenvalue weighted by Gasteiger charge is 2.50. The molecule has 5 aliphatic rings. The molecule has 5 fully saturated rings. The smallest absolute Gasteiger partial charge is 0.264 e. The first-order chi connectivity index (χ1) is 18.4. The number of unbranched alkanes of at least 4 members (excludes halogenated alkanes) is 3. The van der Waals surface area contributed by atoms with Gasteiger partial charge in [-0.15, -0.1) is 0 Å². The monoisotopic (exact) mass is 519 g/mol. The van der Waals surface area contributed by atoms with E-state index in [-0.39, 0.29) is 17.9 Å². The molecule has 1 atom stereocenters. The van der Waals surface area contributed by atoms with Gasteiger partial charge in [-0.2, -0.15) is 0 Å². The summed E-state index contributed by atoms with van der Waals surface area (Å²) in [7, 11) is 0. The van der Waals surface area contributed by atoms with Gasteiger partial charge >= 0.3 is 0 Å². The fraction of sp³-hybridized carbons (Fsp3) is 0.667. The summed E-state index contributed by atoms with van der Waals surface area (Å²) < 4.78 is 1.45. The minimum absolute atomic E-state index is 0.221. The van der Waals surface area contributed by atoms with Gasteiger partial charge in [0.2, 0.25) is 11.8 Å². The highest BCUT2D eigenvalue weighted by molar-refractivity contribution is 5.99. The molecule has 38 heavy (non-hydrogen) atoms. The van der Waals surface area contributed by atoms with Crippen LogP contribution in [0.3, 0.4) is 0 Å². The Labute approximate surface area is 224 Å². The highest BCUT2D eigenvalue weighted by Crippen LogP contribution is 2.55. The van der Waals surface area contributed by atoms with E-state index in [4.69, 9.17) is 0 Å². The lowest BCUT2D eigenvalue weighted by atomic mass is 9.53. The third kappa shape index (κ3) is 4.99. The minimum Gasteiger partial charge on any atom is -0.384 e. The molecule has 204 valence electrons. The standard InChI is InChI=1S/C30H41N5O3/c1-19-33-24-8-6-7-23(27(24)29(38)35(19)25-9-10-26(36)34-28(25)37)31-11-4-2-3-5-12-32-30-16-20-13-21(17-30)15-22(14-20)18-30/h6-8,20-22,25,31-32H,2-5,9-18H2,1H3,(H,34,36,37). The van der Waals surface area contributed by atoms with Crippen LogP contribution in [-0.4, -0.2) is 40.0 Å². The maximum Gasteiger partial charge on any atom is 0.264 e. The third-order valence-corrected chi connectivity index (χ3v) is 9.59. The Bertz CT molecular complexity index is 1250. The predicted octanol–water partition coefficient (Wildman–Crippen LogP) is 4.21. The topological polar surface area (TPSA) is 105 Å². The number of rotatable bonds is 10. The Morgan fingerprint density at radius 3 is 2.34 bits per heavy atom. The Morgan fingerprint density at radius 2 is 1.66 bits per heavy atom. The maximum absolute atomic E-state index is 13.5. The van der Waals surface area contributed by atoms with E-state index in [2.05, 4.69) is 20.9 Å². The number of carbonyl (C=O) groups is 2. The summed E-state index contributed by atoms with van der Waals surface area (Å²) in [5.74, 6) is 2.71. The lowest BCUT2D eigenvalue weighted by Gasteiger charge is -2.57. The molecule has 4 bridgehead atoms. The van der Waals surface area contributed by atoms with E-state index >= 15 is 0 Å². The first-order valence-corrected chi connectivity index (χ1v) is 14.8. The molecule has 0 radical (unpaired) electrons. The zero-order valence-electron chi connectivity index (χ0n) is 22.6. The molecule has 3 N–H and O–H groups in total. The summed E-state index contributed by atoms with van der Waals surface area (Å²) in [6.07, 6.45) is 13.8. The van der Waals surface area contributed by atoms with Crippen LogP contribution < -0.4 is 21.5 Å². The summed E-state index contributed by atoms with van der Waals surface area (Å²) in [5, 5.41) is 10.3. The van der Waals surface area contributed by atoms with Gasteiger partial charge < -0.3 is 10.6 Å². The quantitative estimate of drug-likeness (QED) is 0.321. The summed E-state index contributed by atoms with van der Waals surface area (Å²) in [4.78, 5) is 42.2. The predicted molar refractivity (Wildman–Crippen MR) is 148 cm³/mol. The van der Waals surface area contributed by atoms with E-state index in [1.807, 2.05) is 18.2 Å². The molecule has 4 saturated carbocycles. The Balaban J connectivity index is 1.01. The van der Waals surface area contributed by atoms with E-state index in [9.17, 15) is 14.4 Å². The van der Waals surface area contributed by atoms with Gasteiger partial charge in [0.15, 0.2) is 0 Å². The van der Waals surface area contributed by atoms with Gasteiger partial charge in [0, 0.05) is 24.2 Å². The van der Waals surface area contributed by atoms with Gasteiger partial charge in [-0.05, 0) is 101 Å². The van der Waals surface area contributed by atoms with Crippen molar-refractivity contribution in [3.8, 4) is 0 Å². The lowest BCUT2D eigenvalue weighted by Crippen LogP contribution is -2.58. The van der Waals surface area contributed by atoms with Crippen molar-refractivity contribution in [2.75, 3.05) is 18.4 Å². The van der Waals surface area contributed by atoms with Crippen molar-refractivity contribution in [1.82, 2.24) is 20.2 Å². The number of aromatic nitrogens is 2. The fourth-order valence-corrected chi connectivity index (χ4v) is 8.30.